The highest BCUT2D eigenvalue weighted by atomic mass is 35.5. The van der Waals surface area contributed by atoms with E-state index in [0.29, 0.717) is 26.2 Å². The summed E-state index contributed by atoms with van der Waals surface area (Å²) in [5.74, 6) is 0.0351. The lowest BCUT2D eigenvalue weighted by atomic mass is 9.70. The van der Waals surface area contributed by atoms with E-state index in [1.165, 1.54) is 5.57 Å². The van der Waals surface area contributed by atoms with Crippen LogP contribution in [0.5, 0.6) is 0 Å². The molecule has 1 saturated heterocycles. The summed E-state index contributed by atoms with van der Waals surface area (Å²) >= 11 is 7.05. The molecule has 11 heteroatoms. The van der Waals surface area contributed by atoms with E-state index >= 15 is 0 Å². The van der Waals surface area contributed by atoms with Gasteiger partial charge in [0.25, 0.3) is 0 Å². The van der Waals surface area contributed by atoms with Crippen molar-refractivity contribution in [3.63, 3.8) is 0 Å². The van der Waals surface area contributed by atoms with Crippen molar-refractivity contribution < 1.29 is 19.1 Å². The summed E-state index contributed by atoms with van der Waals surface area (Å²) in [6.45, 7) is 16.9. The van der Waals surface area contributed by atoms with Gasteiger partial charge in [-0.25, -0.2) is 9.59 Å². The number of ether oxygens (including phenoxy) is 2. The number of alkyl halides is 1. The minimum atomic E-state index is -0.412. The highest BCUT2D eigenvalue weighted by Gasteiger charge is 2.51. The maximum Gasteiger partial charge on any atom is 0.410 e. The standard InChI is InChI=1S/C37H53ClN6O4/c1-22(2)37(13-14-37)48-35(45)42-32(24(5)20-40-21-39-8)31-25(6)27-10-9-15-41-33(27)34(28-11-12-29(38)26(7)30(28)31)43-16-18-44(19-17-43)36(46)47-23(3)4/h9-12,15,20-23,25-26,29,31-32,34H,13-14,16-19H2,1-8H3,(H,39,40)(H,42,45)/b24-20+. The number of carbonyl (C=O) groups is 2. The molecule has 6 unspecified atom stereocenters. The molecule has 2 fully saturated rings. The topological polar surface area (TPSA) is 108 Å². The van der Waals surface area contributed by atoms with Crippen LogP contribution in [0, 0.1) is 17.8 Å². The van der Waals surface area contributed by atoms with Gasteiger partial charge in [-0.15, -0.1) is 11.6 Å². The van der Waals surface area contributed by atoms with Gasteiger partial charge in [-0.3, -0.25) is 14.9 Å². The first-order valence-corrected chi connectivity index (χ1v) is 17.9. The number of aliphatic imine (C=N–C) groups is 1. The second-order valence-electron chi connectivity index (χ2n) is 14.3. The lowest BCUT2D eigenvalue weighted by Gasteiger charge is -2.42. The molecule has 0 aromatic carbocycles. The maximum absolute atomic E-state index is 13.8. The molecule has 2 N–H and O–H groups in total. The minimum Gasteiger partial charge on any atom is -0.447 e. The number of nitrogens with one attached hydrogen (secondary N) is 2. The average Bonchev–Trinajstić information content (AvgIpc) is 3.85. The van der Waals surface area contributed by atoms with E-state index in [0.717, 1.165) is 35.2 Å². The zero-order chi connectivity index (χ0) is 34.7. The molecule has 5 rings (SSSR count). The van der Waals surface area contributed by atoms with Crippen LogP contribution < -0.4 is 10.6 Å². The number of rotatable bonds is 9. The van der Waals surface area contributed by atoms with Gasteiger partial charge in [0.1, 0.15) is 5.60 Å². The Morgan fingerprint density at radius 3 is 2.46 bits per heavy atom. The number of piperazine rings is 1. The zero-order valence-corrected chi connectivity index (χ0v) is 30.5. The van der Waals surface area contributed by atoms with Crippen LogP contribution in [-0.2, 0) is 9.47 Å². The number of aromatic nitrogens is 1. The molecule has 1 aliphatic heterocycles. The lowest BCUT2D eigenvalue weighted by molar-refractivity contribution is 0.0496. The molecular weight excluding hydrogens is 628 g/mol. The number of fused-ring (bicyclic) bond motifs is 1. The van der Waals surface area contributed by atoms with Gasteiger partial charge >= 0.3 is 12.2 Å². The molecular formula is C37H53ClN6O4. The van der Waals surface area contributed by atoms with Crippen molar-refractivity contribution >= 4 is 30.1 Å². The highest BCUT2D eigenvalue weighted by Crippen LogP contribution is 2.52. The summed E-state index contributed by atoms with van der Waals surface area (Å²) in [5.41, 5.74) is 5.03. The fourth-order valence-corrected chi connectivity index (χ4v) is 7.86. The van der Waals surface area contributed by atoms with E-state index < -0.39 is 17.7 Å². The predicted molar refractivity (Wildman–Crippen MR) is 190 cm³/mol. The number of hydrogen-bond donors (Lipinski definition) is 2. The Kier molecular flexibility index (Phi) is 11.2. The van der Waals surface area contributed by atoms with Gasteiger partial charge in [-0.05, 0) is 74.1 Å². The smallest absolute Gasteiger partial charge is 0.410 e. The number of allylic oxidation sites excluding steroid dienone is 1. The van der Waals surface area contributed by atoms with E-state index in [-0.39, 0.29) is 47.3 Å². The van der Waals surface area contributed by atoms with Crippen LogP contribution in [0.1, 0.15) is 84.5 Å². The number of carbonyl (C=O) groups excluding carboxylic acids is 2. The summed E-state index contributed by atoms with van der Waals surface area (Å²) < 4.78 is 11.7. The van der Waals surface area contributed by atoms with Gasteiger partial charge < -0.3 is 25.0 Å². The van der Waals surface area contributed by atoms with E-state index in [1.54, 1.807) is 18.3 Å². The molecule has 0 bridgehead atoms. The first-order chi connectivity index (χ1) is 22.9. The molecule has 10 nitrogen and oxygen atoms in total. The van der Waals surface area contributed by atoms with Gasteiger partial charge in [-0.2, -0.15) is 0 Å². The average molecular weight is 681 g/mol. The van der Waals surface area contributed by atoms with Gasteiger partial charge in [0, 0.05) is 51.5 Å². The first kappa shape index (κ1) is 35.9. The van der Waals surface area contributed by atoms with Gasteiger partial charge in [0.15, 0.2) is 0 Å². The third kappa shape index (κ3) is 7.44. The van der Waals surface area contributed by atoms with Crippen molar-refractivity contribution in [1.29, 1.82) is 0 Å². The van der Waals surface area contributed by atoms with Crippen LogP contribution in [0.15, 0.2) is 58.4 Å². The second-order valence-corrected chi connectivity index (χ2v) is 14.8. The molecule has 262 valence electrons. The van der Waals surface area contributed by atoms with E-state index in [9.17, 15) is 9.59 Å². The second kappa shape index (κ2) is 15.0. The molecule has 2 heterocycles. The van der Waals surface area contributed by atoms with Crippen molar-refractivity contribution in [1.82, 2.24) is 25.4 Å². The van der Waals surface area contributed by atoms with Crippen LogP contribution in [-0.4, -0.2) is 89.7 Å². The van der Waals surface area contributed by atoms with Crippen LogP contribution in [0.3, 0.4) is 0 Å². The van der Waals surface area contributed by atoms with Crippen LogP contribution in [0.2, 0.25) is 0 Å². The third-order valence-corrected chi connectivity index (χ3v) is 11.1. The Morgan fingerprint density at radius 1 is 1.12 bits per heavy atom. The third-order valence-electron chi connectivity index (χ3n) is 10.6. The minimum absolute atomic E-state index is 0.0121. The van der Waals surface area contributed by atoms with Crippen LogP contribution in [0.4, 0.5) is 9.59 Å². The SMILES string of the molecule is CN=CN/C=C(\C)C(NC(=O)OC1(C(C)C)CC1)C1C2=C(C=CC(Cl)C2C)C(N2CCN(C(=O)OC(C)C)CC2)c2ncccc2C1C. The monoisotopic (exact) mass is 680 g/mol. The molecule has 6 atom stereocenters. The maximum atomic E-state index is 13.8. The molecule has 1 saturated carbocycles. The number of pyridine rings is 1. The fourth-order valence-electron chi connectivity index (χ4n) is 7.65. The molecule has 1 aromatic rings. The number of amides is 2. The van der Waals surface area contributed by atoms with E-state index in [4.69, 9.17) is 26.1 Å². The number of nitrogens with zero attached hydrogens (tertiary/aromatic N) is 4. The van der Waals surface area contributed by atoms with Crippen molar-refractivity contribution in [3.8, 4) is 0 Å². The number of halogens is 1. The molecule has 3 aliphatic carbocycles. The van der Waals surface area contributed by atoms with Crippen molar-refractivity contribution in [2.24, 2.45) is 22.7 Å². The van der Waals surface area contributed by atoms with Crippen LogP contribution >= 0.6 is 11.6 Å². The first-order valence-electron chi connectivity index (χ1n) is 17.4. The summed E-state index contributed by atoms with van der Waals surface area (Å²) in [6, 6.07) is 3.61. The zero-order valence-electron chi connectivity index (χ0n) is 29.7. The summed E-state index contributed by atoms with van der Waals surface area (Å²) in [4.78, 5) is 39.9. The highest BCUT2D eigenvalue weighted by molar-refractivity contribution is 6.22. The lowest BCUT2D eigenvalue weighted by Crippen LogP contribution is -2.51. The molecule has 2 amide bonds. The largest absolute Gasteiger partial charge is 0.447 e. The Balaban J connectivity index is 1.59. The summed E-state index contributed by atoms with van der Waals surface area (Å²) in [6.07, 6.45) is 10.6. The Hall–Kier alpha value is -3.37. The molecule has 48 heavy (non-hydrogen) atoms. The Labute approximate surface area is 291 Å². The normalized spacial score (nSPS) is 27.8. The fraction of sp³-hybridized carbons (Fsp3) is 0.622. The van der Waals surface area contributed by atoms with Crippen molar-refractivity contribution in [2.45, 2.75) is 96.4 Å². The summed E-state index contributed by atoms with van der Waals surface area (Å²) in [5, 5.41) is 6.30. The van der Waals surface area contributed by atoms with Gasteiger partial charge in [0.05, 0.1) is 35.6 Å². The van der Waals surface area contributed by atoms with Crippen LogP contribution in [0.25, 0.3) is 0 Å². The molecule has 0 radical (unpaired) electrons. The van der Waals surface area contributed by atoms with Gasteiger partial charge in [-0.1, -0.05) is 51.5 Å². The Bertz CT molecular complexity index is 1460. The van der Waals surface area contributed by atoms with Crippen molar-refractivity contribution in [3.05, 3.63) is 64.7 Å². The van der Waals surface area contributed by atoms with Crippen molar-refractivity contribution in [2.75, 3.05) is 33.2 Å². The van der Waals surface area contributed by atoms with E-state index in [2.05, 4.69) is 66.4 Å². The molecule has 1 aromatic heterocycles. The Morgan fingerprint density at radius 2 is 1.83 bits per heavy atom. The quantitative estimate of drug-likeness (QED) is 0.173. The number of hydrogen-bond acceptors (Lipinski definition) is 7. The molecule has 4 aliphatic rings. The number of alkyl carbamates (subject to hydrolysis) is 1. The molecule has 0 spiro atoms. The summed E-state index contributed by atoms with van der Waals surface area (Å²) in [7, 11) is 1.71. The van der Waals surface area contributed by atoms with E-state index in [1.807, 2.05) is 39.2 Å². The van der Waals surface area contributed by atoms with Gasteiger partial charge in [0.2, 0.25) is 0 Å². The predicted octanol–water partition coefficient (Wildman–Crippen LogP) is 6.56.